The zero-order valence-corrected chi connectivity index (χ0v) is 14.2. The Morgan fingerprint density at radius 1 is 1.32 bits per heavy atom. The van der Waals surface area contributed by atoms with Crippen molar-refractivity contribution >= 4 is 32.6 Å². The molecule has 0 aliphatic carbocycles. The monoisotopic (exact) mass is 394 g/mol. The van der Waals surface area contributed by atoms with Gasteiger partial charge in [0.25, 0.3) is 0 Å². The highest BCUT2D eigenvalue weighted by molar-refractivity contribution is 14.1. The molecule has 1 aromatic rings. The van der Waals surface area contributed by atoms with Gasteiger partial charge >= 0.3 is 0 Å². The van der Waals surface area contributed by atoms with Gasteiger partial charge in [0.2, 0.25) is 10.0 Å². The first-order chi connectivity index (χ1) is 8.88. The van der Waals surface area contributed by atoms with Gasteiger partial charge in [-0.3, -0.25) is 4.90 Å². The number of nitrogens with zero attached hydrogens (tertiary/aromatic N) is 2. The summed E-state index contributed by atoms with van der Waals surface area (Å²) in [4.78, 5) is 2.32. The maximum atomic E-state index is 11.6. The lowest BCUT2D eigenvalue weighted by atomic mass is 10.1. The van der Waals surface area contributed by atoms with E-state index in [2.05, 4.69) is 39.6 Å². The molecule has 0 bridgehead atoms. The highest BCUT2D eigenvalue weighted by Gasteiger charge is 2.29. The molecule has 1 heterocycles. The van der Waals surface area contributed by atoms with Crippen LogP contribution in [0.25, 0.3) is 0 Å². The van der Waals surface area contributed by atoms with E-state index in [1.807, 2.05) is 19.1 Å². The minimum atomic E-state index is -3.07. The lowest BCUT2D eigenvalue weighted by Crippen LogP contribution is -2.53. The van der Waals surface area contributed by atoms with E-state index < -0.39 is 10.0 Å². The fraction of sp³-hybridized carbons (Fsp3) is 0.538. The molecule has 4 nitrogen and oxygen atoms in total. The summed E-state index contributed by atoms with van der Waals surface area (Å²) in [6.45, 7) is 5.04. The molecule has 19 heavy (non-hydrogen) atoms. The quantitative estimate of drug-likeness (QED) is 0.734. The molecule has 0 radical (unpaired) electrons. The van der Waals surface area contributed by atoms with Gasteiger partial charge in [0, 0.05) is 35.8 Å². The fourth-order valence-corrected chi connectivity index (χ4v) is 4.21. The minimum Gasteiger partial charge on any atom is -0.296 e. The predicted octanol–water partition coefficient (Wildman–Crippen LogP) is 1.76. The van der Waals surface area contributed by atoms with Gasteiger partial charge in [-0.15, -0.1) is 0 Å². The molecule has 0 unspecified atom stereocenters. The van der Waals surface area contributed by atoms with Gasteiger partial charge in [0.05, 0.1) is 6.26 Å². The zero-order chi connectivity index (χ0) is 14.0. The minimum absolute atomic E-state index is 0.0464. The van der Waals surface area contributed by atoms with Crippen molar-refractivity contribution < 1.29 is 8.42 Å². The Labute approximate surface area is 129 Å². The van der Waals surface area contributed by atoms with Crippen molar-refractivity contribution in [3.05, 3.63) is 33.4 Å². The van der Waals surface area contributed by atoms with Crippen molar-refractivity contribution in [3.8, 4) is 0 Å². The van der Waals surface area contributed by atoms with Crippen LogP contribution in [0.4, 0.5) is 0 Å². The Kier molecular flexibility index (Phi) is 4.86. The van der Waals surface area contributed by atoms with E-state index in [0.717, 1.165) is 19.6 Å². The van der Waals surface area contributed by atoms with E-state index >= 15 is 0 Å². The van der Waals surface area contributed by atoms with E-state index in [-0.39, 0.29) is 6.04 Å². The van der Waals surface area contributed by atoms with Crippen molar-refractivity contribution in [2.45, 2.75) is 19.5 Å². The Hall–Kier alpha value is -0.180. The van der Waals surface area contributed by atoms with Gasteiger partial charge in [0.1, 0.15) is 0 Å². The average Bonchev–Trinajstić information content (AvgIpc) is 2.30. The van der Waals surface area contributed by atoms with Crippen LogP contribution in [0, 0.1) is 3.57 Å². The molecule has 1 atom stereocenters. The smallest absolute Gasteiger partial charge is 0.211 e. The lowest BCUT2D eigenvalue weighted by molar-refractivity contribution is 0.138. The number of hydrogen-bond donors (Lipinski definition) is 0. The molecule has 1 aliphatic heterocycles. The first-order valence-corrected chi connectivity index (χ1v) is 9.23. The molecule has 1 aromatic carbocycles. The topological polar surface area (TPSA) is 40.6 Å². The normalized spacial score (nSPS) is 22.6. The summed E-state index contributed by atoms with van der Waals surface area (Å²) in [5, 5.41) is 0. The molecule has 0 N–H and O–H groups in total. The number of rotatable bonds is 3. The maximum absolute atomic E-state index is 11.6. The maximum Gasteiger partial charge on any atom is 0.211 e. The van der Waals surface area contributed by atoms with Crippen LogP contribution >= 0.6 is 22.6 Å². The van der Waals surface area contributed by atoms with Crippen LogP contribution in [0.3, 0.4) is 0 Å². The largest absolute Gasteiger partial charge is 0.296 e. The summed E-state index contributed by atoms with van der Waals surface area (Å²) in [5.74, 6) is 0. The molecule has 1 saturated heterocycles. The highest BCUT2D eigenvalue weighted by atomic mass is 127. The zero-order valence-electron chi connectivity index (χ0n) is 11.2. The van der Waals surface area contributed by atoms with Gasteiger partial charge in [-0.25, -0.2) is 8.42 Å². The van der Waals surface area contributed by atoms with Gasteiger partial charge in [0.15, 0.2) is 0 Å². The Morgan fingerprint density at radius 2 is 2.00 bits per heavy atom. The first-order valence-electron chi connectivity index (χ1n) is 6.30. The molecule has 6 heteroatoms. The molecule has 0 aromatic heterocycles. The molecule has 0 amide bonds. The van der Waals surface area contributed by atoms with Crippen LogP contribution in [0.5, 0.6) is 0 Å². The third-order valence-electron chi connectivity index (χ3n) is 3.43. The second-order valence-electron chi connectivity index (χ2n) is 5.05. The van der Waals surface area contributed by atoms with Crippen molar-refractivity contribution in [2.24, 2.45) is 0 Å². The highest BCUT2D eigenvalue weighted by Crippen LogP contribution is 2.18. The third-order valence-corrected chi connectivity index (χ3v) is 5.88. The van der Waals surface area contributed by atoms with E-state index in [4.69, 9.17) is 0 Å². The van der Waals surface area contributed by atoms with Gasteiger partial charge in [-0.05, 0) is 41.1 Å². The number of benzene rings is 1. The van der Waals surface area contributed by atoms with Gasteiger partial charge < -0.3 is 0 Å². The summed E-state index contributed by atoms with van der Waals surface area (Å²) in [7, 11) is -3.07. The number of hydrogen-bond acceptors (Lipinski definition) is 3. The first kappa shape index (κ1) is 15.2. The Bertz CT molecular complexity index is 547. The summed E-state index contributed by atoms with van der Waals surface area (Å²) in [6, 6.07) is 8.37. The van der Waals surface area contributed by atoms with Crippen molar-refractivity contribution in [1.29, 1.82) is 0 Å². The van der Waals surface area contributed by atoms with Crippen LogP contribution in [0.2, 0.25) is 0 Å². The van der Waals surface area contributed by atoms with Crippen molar-refractivity contribution in [3.63, 3.8) is 0 Å². The van der Waals surface area contributed by atoms with Gasteiger partial charge in [-0.1, -0.05) is 18.2 Å². The summed E-state index contributed by atoms with van der Waals surface area (Å²) < 4.78 is 26.1. The van der Waals surface area contributed by atoms with Crippen molar-refractivity contribution in [1.82, 2.24) is 9.21 Å². The van der Waals surface area contributed by atoms with E-state index in [9.17, 15) is 8.42 Å². The Morgan fingerprint density at radius 3 is 2.58 bits per heavy atom. The predicted molar refractivity (Wildman–Crippen MR) is 85.4 cm³/mol. The lowest BCUT2D eigenvalue weighted by Gasteiger charge is -2.38. The summed E-state index contributed by atoms with van der Waals surface area (Å²) in [6.07, 6.45) is 1.29. The molecular weight excluding hydrogens is 375 g/mol. The van der Waals surface area contributed by atoms with Crippen LogP contribution in [0.15, 0.2) is 24.3 Å². The van der Waals surface area contributed by atoms with Crippen LogP contribution in [0.1, 0.15) is 12.5 Å². The second kappa shape index (κ2) is 6.07. The average molecular weight is 394 g/mol. The number of piperazine rings is 1. The van der Waals surface area contributed by atoms with Crippen molar-refractivity contribution in [2.75, 3.05) is 25.9 Å². The molecule has 0 spiro atoms. The molecule has 2 rings (SSSR count). The van der Waals surface area contributed by atoms with Gasteiger partial charge in [-0.2, -0.15) is 4.31 Å². The second-order valence-corrected chi connectivity index (χ2v) is 8.15. The summed E-state index contributed by atoms with van der Waals surface area (Å²) >= 11 is 2.35. The van der Waals surface area contributed by atoms with E-state index in [1.165, 1.54) is 15.4 Å². The Balaban J connectivity index is 2.02. The molecule has 0 saturated carbocycles. The van der Waals surface area contributed by atoms with E-state index in [1.54, 1.807) is 4.31 Å². The molecular formula is C13H19IN2O2S. The van der Waals surface area contributed by atoms with Crippen LogP contribution in [-0.4, -0.2) is 49.6 Å². The number of sulfonamides is 1. The molecule has 1 aliphatic rings. The number of halogens is 1. The third kappa shape index (κ3) is 3.90. The molecule has 1 fully saturated rings. The standard InChI is InChI=1S/C13H19IN2O2S/c1-11-9-15(7-8-16(11)19(2,17)18)10-12-5-3-4-6-13(12)14/h3-6,11H,7-10H2,1-2H3/t11-/m1/s1. The SMILES string of the molecule is C[C@@H]1CN(Cc2ccccc2I)CCN1S(C)(=O)=O. The molecule has 106 valence electrons. The summed E-state index contributed by atoms with van der Waals surface area (Å²) in [5.41, 5.74) is 1.31. The fourth-order valence-electron chi connectivity index (χ4n) is 2.52. The van der Waals surface area contributed by atoms with E-state index in [0.29, 0.717) is 6.54 Å². The van der Waals surface area contributed by atoms with Crippen LogP contribution < -0.4 is 0 Å². The van der Waals surface area contributed by atoms with Crippen LogP contribution in [-0.2, 0) is 16.6 Å².